The van der Waals surface area contributed by atoms with Gasteiger partial charge in [0.15, 0.2) is 6.79 Å². The quantitative estimate of drug-likeness (QED) is 0.444. The van der Waals surface area contributed by atoms with Crippen LogP contribution in [0.2, 0.25) is 0 Å². The summed E-state index contributed by atoms with van der Waals surface area (Å²) in [6.07, 6.45) is 9.20. The predicted octanol–water partition coefficient (Wildman–Crippen LogP) is 3.15. The van der Waals surface area contributed by atoms with E-state index in [0.717, 1.165) is 29.2 Å². The van der Waals surface area contributed by atoms with Crippen molar-refractivity contribution in [2.45, 2.75) is 39.0 Å². The third-order valence-corrected chi connectivity index (χ3v) is 5.37. The smallest absolute Gasteiger partial charge is 0.335 e. The summed E-state index contributed by atoms with van der Waals surface area (Å²) in [5.74, 6) is 3.99. The highest BCUT2D eigenvalue weighted by molar-refractivity contribution is 5.87. The summed E-state index contributed by atoms with van der Waals surface area (Å²) in [6.45, 7) is 1.93. The van der Waals surface area contributed by atoms with Gasteiger partial charge in [-0.25, -0.2) is 4.79 Å². The number of methoxy groups -OCH3 is 1. The zero-order chi connectivity index (χ0) is 13.4. The molecule has 0 aromatic rings. The second-order valence-corrected chi connectivity index (χ2v) is 6.70. The van der Waals surface area contributed by atoms with Crippen LogP contribution in [0.3, 0.4) is 0 Å². The molecule has 0 amide bonds. The topological polar surface area (TPSA) is 35.5 Å². The lowest BCUT2D eigenvalue weighted by atomic mass is 9.52. The maximum Gasteiger partial charge on any atom is 0.335 e. The van der Waals surface area contributed by atoms with E-state index in [-0.39, 0.29) is 12.8 Å². The summed E-state index contributed by atoms with van der Waals surface area (Å²) in [6, 6.07) is 0. The van der Waals surface area contributed by atoms with Gasteiger partial charge in [-0.1, -0.05) is 6.08 Å². The van der Waals surface area contributed by atoms with Crippen LogP contribution < -0.4 is 0 Å². The van der Waals surface area contributed by atoms with Gasteiger partial charge >= 0.3 is 5.97 Å². The summed E-state index contributed by atoms with van der Waals surface area (Å²) in [4.78, 5) is 11.8. The van der Waals surface area contributed by atoms with Gasteiger partial charge in [-0.3, -0.25) is 0 Å². The fourth-order valence-electron chi connectivity index (χ4n) is 4.82. The fraction of sp³-hybridized carbons (Fsp3) is 0.812. The first-order valence-corrected chi connectivity index (χ1v) is 7.52. The molecule has 4 saturated carbocycles. The van der Waals surface area contributed by atoms with E-state index in [1.54, 1.807) is 0 Å². The number of hydrogen-bond donors (Lipinski definition) is 0. The molecule has 106 valence electrons. The number of rotatable bonds is 4. The summed E-state index contributed by atoms with van der Waals surface area (Å²) in [5, 5.41) is 0. The molecule has 0 aliphatic heterocycles. The average molecular weight is 264 g/mol. The second-order valence-electron chi connectivity index (χ2n) is 6.70. The molecule has 0 spiro atoms. The maximum absolute atomic E-state index is 11.8. The van der Waals surface area contributed by atoms with Crippen LogP contribution in [-0.4, -0.2) is 19.9 Å². The van der Waals surface area contributed by atoms with Gasteiger partial charge in [0.05, 0.1) is 0 Å². The highest BCUT2D eigenvalue weighted by Gasteiger charge is 2.47. The Hall–Kier alpha value is -0.830. The molecule has 0 unspecified atom stereocenters. The Kier molecular flexibility index (Phi) is 3.66. The van der Waals surface area contributed by atoms with Gasteiger partial charge in [0, 0.05) is 12.7 Å². The number of hydrogen-bond acceptors (Lipinski definition) is 3. The SMILES string of the molecule is COCOC(=O)/C(C)=C/C1C2CC3CC(C2)CC1C3. The molecule has 4 rings (SSSR count). The molecule has 0 atom stereocenters. The van der Waals surface area contributed by atoms with Crippen molar-refractivity contribution < 1.29 is 14.3 Å². The molecule has 0 heterocycles. The van der Waals surface area contributed by atoms with Crippen molar-refractivity contribution in [3.63, 3.8) is 0 Å². The van der Waals surface area contributed by atoms with Crippen molar-refractivity contribution in [2.75, 3.05) is 13.9 Å². The van der Waals surface area contributed by atoms with Crippen LogP contribution in [0.25, 0.3) is 0 Å². The summed E-state index contributed by atoms with van der Waals surface area (Å²) >= 11 is 0. The first-order valence-electron chi connectivity index (χ1n) is 7.52. The first kappa shape index (κ1) is 13.2. The Balaban J connectivity index is 1.67. The molecule has 4 aliphatic carbocycles. The van der Waals surface area contributed by atoms with Crippen LogP contribution in [0.4, 0.5) is 0 Å². The van der Waals surface area contributed by atoms with E-state index >= 15 is 0 Å². The fourth-order valence-corrected chi connectivity index (χ4v) is 4.82. The van der Waals surface area contributed by atoms with Crippen LogP contribution in [0.1, 0.15) is 39.0 Å². The monoisotopic (exact) mass is 264 g/mol. The number of ether oxygens (including phenoxy) is 2. The van der Waals surface area contributed by atoms with Crippen LogP contribution in [-0.2, 0) is 14.3 Å². The van der Waals surface area contributed by atoms with Crippen molar-refractivity contribution in [1.82, 2.24) is 0 Å². The zero-order valence-electron chi connectivity index (χ0n) is 11.9. The minimum Gasteiger partial charge on any atom is -0.435 e. The molecular formula is C16H24O3. The number of allylic oxidation sites excluding steroid dienone is 1. The molecule has 0 saturated heterocycles. The highest BCUT2D eigenvalue weighted by atomic mass is 16.7. The Bertz CT molecular complexity index is 357. The molecule has 19 heavy (non-hydrogen) atoms. The number of carbonyl (C=O) groups is 1. The second kappa shape index (κ2) is 5.28. The van der Waals surface area contributed by atoms with Crippen LogP contribution in [0, 0.1) is 29.6 Å². The van der Waals surface area contributed by atoms with Crippen molar-refractivity contribution in [1.29, 1.82) is 0 Å². The molecule has 0 N–H and O–H groups in total. The highest BCUT2D eigenvalue weighted by Crippen LogP contribution is 2.57. The lowest BCUT2D eigenvalue weighted by Gasteiger charge is -2.53. The zero-order valence-corrected chi connectivity index (χ0v) is 11.9. The normalized spacial score (nSPS) is 40.5. The molecule has 3 heteroatoms. The van der Waals surface area contributed by atoms with Crippen LogP contribution in [0.15, 0.2) is 11.6 Å². The van der Waals surface area contributed by atoms with E-state index in [0.29, 0.717) is 5.92 Å². The van der Waals surface area contributed by atoms with Crippen LogP contribution >= 0.6 is 0 Å². The van der Waals surface area contributed by atoms with Crippen molar-refractivity contribution >= 4 is 5.97 Å². The van der Waals surface area contributed by atoms with Gasteiger partial charge in [-0.2, -0.15) is 0 Å². The van der Waals surface area contributed by atoms with E-state index in [1.165, 1.54) is 39.2 Å². The minimum absolute atomic E-state index is 0.0473. The molecular weight excluding hydrogens is 240 g/mol. The maximum atomic E-state index is 11.8. The number of esters is 1. The van der Waals surface area contributed by atoms with Gasteiger partial charge in [0.1, 0.15) is 0 Å². The molecule has 0 radical (unpaired) electrons. The Morgan fingerprint density at radius 3 is 2.21 bits per heavy atom. The molecule has 4 aliphatic rings. The summed E-state index contributed by atoms with van der Waals surface area (Å²) in [5.41, 5.74) is 0.759. The third kappa shape index (κ3) is 2.58. The third-order valence-electron chi connectivity index (χ3n) is 5.37. The van der Waals surface area contributed by atoms with Gasteiger partial charge in [-0.15, -0.1) is 0 Å². The van der Waals surface area contributed by atoms with Crippen LogP contribution in [0.5, 0.6) is 0 Å². The van der Waals surface area contributed by atoms with Crippen molar-refractivity contribution in [3.05, 3.63) is 11.6 Å². The average Bonchev–Trinajstić information content (AvgIpc) is 2.39. The first-order chi connectivity index (χ1) is 9.17. The van der Waals surface area contributed by atoms with Gasteiger partial charge in [0.2, 0.25) is 0 Å². The minimum atomic E-state index is -0.226. The van der Waals surface area contributed by atoms with Gasteiger partial charge in [0.25, 0.3) is 0 Å². The van der Waals surface area contributed by atoms with Gasteiger partial charge in [-0.05, 0) is 68.6 Å². The molecule has 3 nitrogen and oxygen atoms in total. The Labute approximate surface area is 115 Å². The molecule has 0 aromatic heterocycles. The molecule has 4 bridgehead atoms. The molecule has 4 fully saturated rings. The Morgan fingerprint density at radius 1 is 1.11 bits per heavy atom. The van der Waals surface area contributed by atoms with E-state index < -0.39 is 0 Å². The van der Waals surface area contributed by atoms with E-state index in [2.05, 4.69) is 6.08 Å². The molecule has 0 aromatic carbocycles. The predicted molar refractivity (Wildman–Crippen MR) is 72.3 cm³/mol. The lowest BCUT2D eigenvalue weighted by molar-refractivity contribution is -0.149. The largest absolute Gasteiger partial charge is 0.435 e. The number of carbonyl (C=O) groups excluding carboxylic acids is 1. The van der Waals surface area contributed by atoms with E-state index in [9.17, 15) is 4.79 Å². The standard InChI is InChI=1S/C16H24O3/c1-10(16(17)19-9-18-2)3-15-13-5-11-4-12(7-13)8-14(15)6-11/h3,11-15H,4-9H2,1-2H3/b10-3+. The summed E-state index contributed by atoms with van der Waals surface area (Å²) in [7, 11) is 1.53. The lowest BCUT2D eigenvalue weighted by Crippen LogP contribution is -2.44. The summed E-state index contributed by atoms with van der Waals surface area (Å²) < 4.78 is 9.79. The Morgan fingerprint density at radius 2 is 1.68 bits per heavy atom. The van der Waals surface area contributed by atoms with Gasteiger partial charge < -0.3 is 9.47 Å². The van der Waals surface area contributed by atoms with E-state index in [1.807, 2.05) is 6.92 Å². The van der Waals surface area contributed by atoms with E-state index in [4.69, 9.17) is 9.47 Å². The van der Waals surface area contributed by atoms with Crippen molar-refractivity contribution in [2.24, 2.45) is 29.6 Å². The van der Waals surface area contributed by atoms with Crippen molar-refractivity contribution in [3.8, 4) is 0 Å².